The van der Waals surface area contributed by atoms with Crippen LogP contribution in [-0.2, 0) is 6.54 Å². The molecule has 4 heteroatoms. The Bertz CT molecular complexity index is 631. The van der Waals surface area contributed by atoms with Gasteiger partial charge in [0.2, 0.25) is 0 Å². The quantitative estimate of drug-likeness (QED) is 0.813. The van der Waals surface area contributed by atoms with E-state index in [-0.39, 0.29) is 16.4 Å². The van der Waals surface area contributed by atoms with Crippen LogP contribution in [0.25, 0.3) is 11.3 Å². The fraction of sp³-hybridized carbons (Fsp3) is 0.214. The molecule has 0 unspecified atom stereocenters. The normalized spacial score (nSPS) is 10.7. The van der Waals surface area contributed by atoms with Crippen molar-refractivity contribution in [2.24, 2.45) is 0 Å². The predicted octanol–water partition coefficient (Wildman–Crippen LogP) is 3.64. The van der Waals surface area contributed by atoms with E-state index in [0.29, 0.717) is 6.54 Å². The number of hydrogen-bond acceptors (Lipinski definition) is 1. The number of halogens is 2. The van der Waals surface area contributed by atoms with Crippen molar-refractivity contribution in [2.45, 2.75) is 20.4 Å². The molecule has 2 aromatic rings. The van der Waals surface area contributed by atoms with Crippen molar-refractivity contribution >= 4 is 11.6 Å². The van der Waals surface area contributed by atoms with Crippen LogP contribution < -0.4 is 5.56 Å². The van der Waals surface area contributed by atoms with E-state index >= 15 is 0 Å². The molecule has 0 atom stereocenters. The first-order chi connectivity index (χ1) is 8.54. The lowest BCUT2D eigenvalue weighted by Gasteiger charge is -2.14. The van der Waals surface area contributed by atoms with Gasteiger partial charge in [-0.15, -0.1) is 0 Å². The summed E-state index contributed by atoms with van der Waals surface area (Å²) in [7, 11) is 0. The Kier molecular flexibility index (Phi) is 3.53. The van der Waals surface area contributed by atoms with Crippen LogP contribution in [0, 0.1) is 12.7 Å². The van der Waals surface area contributed by atoms with Crippen molar-refractivity contribution in [3.8, 4) is 11.3 Å². The third-order valence-electron chi connectivity index (χ3n) is 2.87. The zero-order valence-corrected chi connectivity index (χ0v) is 11.0. The summed E-state index contributed by atoms with van der Waals surface area (Å²) in [6.07, 6.45) is 0. The van der Waals surface area contributed by atoms with Gasteiger partial charge in [0, 0.05) is 6.54 Å². The minimum absolute atomic E-state index is 0.209. The van der Waals surface area contributed by atoms with Gasteiger partial charge in [-0.1, -0.05) is 11.6 Å². The Hall–Kier alpha value is -1.61. The van der Waals surface area contributed by atoms with Gasteiger partial charge in [-0.2, -0.15) is 0 Å². The van der Waals surface area contributed by atoms with Crippen LogP contribution in [0.1, 0.15) is 12.5 Å². The van der Waals surface area contributed by atoms with Crippen LogP contribution in [0.15, 0.2) is 35.1 Å². The third-order valence-corrected chi connectivity index (χ3v) is 3.14. The van der Waals surface area contributed by atoms with Gasteiger partial charge in [0.05, 0.1) is 5.69 Å². The van der Waals surface area contributed by atoms with Gasteiger partial charge in [-0.05, 0) is 55.3 Å². The average molecular weight is 266 g/mol. The SMILES string of the molecule is CCn1c(-c2ccc(F)cc2)c(C)cc(Cl)c1=O. The van der Waals surface area contributed by atoms with Crippen molar-refractivity contribution in [3.63, 3.8) is 0 Å². The van der Waals surface area contributed by atoms with Gasteiger partial charge in [0.15, 0.2) is 0 Å². The van der Waals surface area contributed by atoms with Crippen molar-refractivity contribution in [1.29, 1.82) is 0 Å². The Labute approximate surface area is 110 Å². The molecule has 0 bridgehead atoms. The zero-order valence-electron chi connectivity index (χ0n) is 10.2. The first-order valence-electron chi connectivity index (χ1n) is 5.70. The lowest BCUT2D eigenvalue weighted by molar-refractivity contribution is 0.628. The van der Waals surface area contributed by atoms with E-state index in [1.54, 1.807) is 22.8 Å². The molecule has 0 aliphatic heterocycles. The molecule has 0 fully saturated rings. The second-order valence-corrected chi connectivity index (χ2v) is 4.49. The summed E-state index contributed by atoms with van der Waals surface area (Å²) in [6, 6.07) is 7.74. The van der Waals surface area contributed by atoms with Crippen LogP contribution in [-0.4, -0.2) is 4.57 Å². The lowest BCUT2D eigenvalue weighted by atomic mass is 10.1. The van der Waals surface area contributed by atoms with Gasteiger partial charge in [-0.25, -0.2) is 4.39 Å². The van der Waals surface area contributed by atoms with Gasteiger partial charge in [0.1, 0.15) is 10.8 Å². The monoisotopic (exact) mass is 265 g/mol. The molecule has 0 aliphatic carbocycles. The molecule has 0 saturated carbocycles. The number of aromatic nitrogens is 1. The molecule has 2 nitrogen and oxygen atoms in total. The minimum atomic E-state index is -0.296. The van der Waals surface area contributed by atoms with E-state index in [4.69, 9.17) is 11.6 Å². The van der Waals surface area contributed by atoms with Crippen molar-refractivity contribution < 1.29 is 4.39 Å². The molecule has 0 N–H and O–H groups in total. The highest BCUT2D eigenvalue weighted by Gasteiger charge is 2.12. The molecular weight excluding hydrogens is 253 g/mol. The van der Waals surface area contributed by atoms with Crippen molar-refractivity contribution in [3.05, 3.63) is 57.1 Å². The highest BCUT2D eigenvalue weighted by Crippen LogP contribution is 2.24. The number of benzene rings is 1. The van der Waals surface area contributed by atoms with Crippen LogP contribution in [0.4, 0.5) is 4.39 Å². The van der Waals surface area contributed by atoms with Crippen molar-refractivity contribution in [2.75, 3.05) is 0 Å². The standard InChI is InChI=1S/C14H13ClFNO/c1-3-17-13(9(2)8-12(15)14(17)18)10-4-6-11(16)7-5-10/h4-8H,3H2,1-2H3. The average Bonchev–Trinajstić information content (AvgIpc) is 2.35. The molecule has 2 rings (SSSR count). The summed E-state index contributed by atoms with van der Waals surface area (Å²) >= 11 is 5.89. The summed E-state index contributed by atoms with van der Waals surface area (Å²) in [5.41, 5.74) is 2.27. The molecule has 0 amide bonds. The Morgan fingerprint density at radius 1 is 1.28 bits per heavy atom. The number of rotatable bonds is 2. The van der Waals surface area contributed by atoms with Gasteiger partial charge in [0.25, 0.3) is 5.56 Å². The number of aryl methyl sites for hydroxylation is 1. The van der Waals surface area contributed by atoms with E-state index in [2.05, 4.69) is 0 Å². The van der Waals surface area contributed by atoms with Gasteiger partial charge in [-0.3, -0.25) is 4.79 Å². The van der Waals surface area contributed by atoms with E-state index < -0.39 is 0 Å². The molecule has 0 radical (unpaired) electrons. The van der Waals surface area contributed by atoms with Gasteiger partial charge < -0.3 is 4.57 Å². The molecule has 1 aromatic heterocycles. The lowest BCUT2D eigenvalue weighted by Crippen LogP contribution is -2.22. The summed E-state index contributed by atoms with van der Waals surface area (Å²) in [4.78, 5) is 12.0. The summed E-state index contributed by atoms with van der Waals surface area (Å²) in [5, 5.41) is 0.209. The summed E-state index contributed by atoms with van der Waals surface area (Å²) in [6.45, 7) is 4.29. The topological polar surface area (TPSA) is 22.0 Å². The molecule has 0 spiro atoms. The Balaban J connectivity index is 2.74. The van der Waals surface area contributed by atoms with Crippen LogP contribution in [0.5, 0.6) is 0 Å². The van der Waals surface area contributed by atoms with Crippen LogP contribution in [0.2, 0.25) is 5.02 Å². The number of hydrogen-bond donors (Lipinski definition) is 0. The second kappa shape index (κ2) is 4.94. The fourth-order valence-corrected chi connectivity index (χ4v) is 2.32. The van der Waals surface area contributed by atoms with Crippen LogP contribution in [0.3, 0.4) is 0 Å². The molecule has 1 heterocycles. The van der Waals surface area contributed by atoms with Crippen molar-refractivity contribution in [1.82, 2.24) is 4.57 Å². The van der Waals surface area contributed by atoms with E-state index in [1.165, 1.54) is 12.1 Å². The number of nitrogens with zero attached hydrogens (tertiary/aromatic N) is 1. The maximum atomic E-state index is 12.9. The first-order valence-corrected chi connectivity index (χ1v) is 6.08. The largest absolute Gasteiger partial charge is 0.307 e. The minimum Gasteiger partial charge on any atom is -0.307 e. The Morgan fingerprint density at radius 2 is 1.89 bits per heavy atom. The van der Waals surface area contributed by atoms with Gasteiger partial charge >= 0.3 is 0 Å². The molecule has 1 aromatic carbocycles. The van der Waals surface area contributed by atoms with Crippen LogP contribution >= 0.6 is 11.6 Å². The molecular formula is C14H13ClFNO. The smallest absolute Gasteiger partial charge is 0.269 e. The second-order valence-electron chi connectivity index (χ2n) is 4.08. The maximum Gasteiger partial charge on any atom is 0.269 e. The first kappa shape index (κ1) is 12.8. The molecule has 0 aliphatic rings. The maximum absolute atomic E-state index is 12.9. The zero-order chi connectivity index (χ0) is 13.3. The third kappa shape index (κ3) is 2.18. The highest BCUT2D eigenvalue weighted by molar-refractivity contribution is 6.30. The summed E-state index contributed by atoms with van der Waals surface area (Å²) < 4.78 is 14.5. The molecule has 18 heavy (non-hydrogen) atoms. The fourth-order valence-electron chi connectivity index (χ4n) is 2.06. The number of pyridine rings is 1. The molecule has 0 saturated heterocycles. The van der Waals surface area contributed by atoms with E-state index in [0.717, 1.165) is 16.8 Å². The highest BCUT2D eigenvalue weighted by atomic mass is 35.5. The Morgan fingerprint density at radius 3 is 2.44 bits per heavy atom. The molecule has 94 valence electrons. The predicted molar refractivity (Wildman–Crippen MR) is 71.5 cm³/mol. The summed E-state index contributed by atoms with van der Waals surface area (Å²) in [5.74, 6) is -0.296. The van der Waals surface area contributed by atoms with E-state index in [9.17, 15) is 9.18 Å². The van der Waals surface area contributed by atoms with E-state index in [1.807, 2.05) is 13.8 Å².